The predicted molar refractivity (Wildman–Crippen MR) is 60.8 cm³/mol. The lowest BCUT2D eigenvalue weighted by Crippen LogP contribution is -2.45. The van der Waals surface area contributed by atoms with E-state index >= 15 is 0 Å². The van der Waals surface area contributed by atoms with Crippen molar-refractivity contribution >= 4 is 0 Å². The van der Waals surface area contributed by atoms with Crippen LogP contribution >= 0.6 is 0 Å². The van der Waals surface area contributed by atoms with Crippen molar-refractivity contribution in [1.29, 1.82) is 0 Å². The second-order valence-electron chi connectivity index (χ2n) is 4.44. The zero-order valence-corrected chi connectivity index (χ0v) is 9.90. The SMILES string of the molecule is Cc1cnc(C)n1CN1CCN(C)CC1. The Balaban J connectivity index is 1.97. The quantitative estimate of drug-likeness (QED) is 0.715. The molecule has 0 aromatic carbocycles. The molecule has 0 amide bonds. The van der Waals surface area contributed by atoms with Gasteiger partial charge in [-0.05, 0) is 20.9 Å². The number of nitrogens with zero attached hydrogens (tertiary/aromatic N) is 4. The van der Waals surface area contributed by atoms with E-state index in [0.717, 1.165) is 25.6 Å². The van der Waals surface area contributed by atoms with Gasteiger partial charge >= 0.3 is 0 Å². The highest BCUT2D eigenvalue weighted by Crippen LogP contribution is 2.07. The van der Waals surface area contributed by atoms with Crippen LogP contribution in [0.15, 0.2) is 6.20 Å². The molecular weight excluding hydrogens is 188 g/mol. The van der Waals surface area contributed by atoms with Crippen molar-refractivity contribution in [3.05, 3.63) is 17.7 Å². The zero-order valence-electron chi connectivity index (χ0n) is 9.90. The molecule has 0 bridgehead atoms. The molecule has 4 heteroatoms. The normalized spacial score (nSPS) is 19.7. The van der Waals surface area contributed by atoms with Gasteiger partial charge in [-0.2, -0.15) is 0 Å². The number of piperazine rings is 1. The summed E-state index contributed by atoms with van der Waals surface area (Å²) in [5.41, 5.74) is 1.26. The average molecular weight is 208 g/mol. The first-order valence-corrected chi connectivity index (χ1v) is 5.56. The van der Waals surface area contributed by atoms with E-state index in [9.17, 15) is 0 Å². The fourth-order valence-electron chi connectivity index (χ4n) is 1.98. The molecule has 0 atom stereocenters. The molecule has 0 unspecified atom stereocenters. The third kappa shape index (κ3) is 2.38. The molecule has 2 heterocycles. The van der Waals surface area contributed by atoms with Gasteiger partial charge in [-0.25, -0.2) is 4.98 Å². The van der Waals surface area contributed by atoms with Gasteiger partial charge in [0.25, 0.3) is 0 Å². The van der Waals surface area contributed by atoms with E-state index < -0.39 is 0 Å². The smallest absolute Gasteiger partial charge is 0.106 e. The van der Waals surface area contributed by atoms with Crippen LogP contribution in [0.1, 0.15) is 11.5 Å². The molecule has 84 valence electrons. The van der Waals surface area contributed by atoms with Crippen LogP contribution in [-0.4, -0.2) is 52.6 Å². The summed E-state index contributed by atoms with van der Waals surface area (Å²) in [7, 11) is 2.19. The minimum Gasteiger partial charge on any atom is -0.319 e. The monoisotopic (exact) mass is 208 g/mol. The molecule has 1 aromatic heterocycles. The topological polar surface area (TPSA) is 24.3 Å². The fraction of sp³-hybridized carbons (Fsp3) is 0.727. The maximum absolute atomic E-state index is 4.32. The summed E-state index contributed by atoms with van der Waals surface area (Å²) < 4.78 is 2.28. The van der Waals surface area contributed by atoms with Gasteiger partial charge < -0.3 is 9.47 Å². The summed E-state index contributed by atoms with van der Waals surface area (Å²) in [5.74, 6) is 1.12. The average Bonchev–Trinajstić information content (AvgIpc) is 2.53. The highest BCUT2D eigenvalue weighted by molar-refractivity contribution is 5.01. The lowest BCUT2D eigenvalue weighted by molar-refractivity contribution is 0.123. The van der Waals surface area contributed by atoms with Gasteiger partial charge in [0.15, 0.2) is 0 Å². The molecule has 4 nitrogen and oxygen atoms in total. The van der Waals surface area contributed by atoms with Gasteiger partial charge in [-0.3, -0.25) is 4.90 Å². The van der Waals surface area contributed by atoms with Crippen molar-refractivity contribution < 1.29 is 0 Å². The van der Waals surface area contributed by atoms with Crippen LogP contribution < -0.4 is 0 Å². The van der Waals surface area contributed by atoms with E-state index in [1.165, 1.54) is 18.8 Å². The highest BCUT2D eigenvalue weighted by Gasteiger charge is 2.15. The van der Waals surface area contributed by atoms with Crippen molar-refractivity contribution in [3.8, 4) is 0 Å². The van der Waals surface area contributed by atoms with E-state index in [0.29, 0.717) is 0 Å². The Kier molecular flexibility index (Phi) is 3.07. The van der Waals surface area contributed by atoms with Crippen LogP contribution in [0.4, 0.5) is 0 Å². The van der Waals surface area contributed by atoms with Crippen molar-refractivity contribution in [2.24, 2.45) is 0 Å². The highest BCUT2D eigenvalue weighted by atomic mass is 15.3. The molecule has 1 fully saturated rings. The molecule has 0 saturated carbocycles. The van der Waals surface area contributed by atoms with Crippen LogP contribution in [0.3, 0.4) is 0 Å². The van der Waals surface area contributed by atoms with E-state index in [-0.39, 0.29) is 0 Å². The summed E-state index contributed by atoms with van der Waals surface area (Å²) in [5, 5.41) is 0. The van der Waals surface area contributed by atoms with Crippen LogP contribution in [-0.2, 0) is 6.67 Å². The number of aromatic nitrogens is 2. The zero-order chi connectivity index (χ0) is 10.8. The van der Waals surface area contributed by atoms with E-state index in [4.69, 9.17) is 0 Å². The van der Waals surface area contributed by atoms with Crippen LogP contribution in [0.2, 0.25) is 0 Å². The molecule has 2 rings (SSSR count). The van der Waals surface area contributed by atoms with Gasteiger partial charge in [0.2, 0.25) is 0 Å². The number of hydrogen-bond donors (Lipinski definition) is 0. The Morgan fingerprint density at radius 3 is 2.40 bits per heavy atom. The Morgan fingerprint density at radius 2 is 1.87 bits per heavy atom. The molecule has 15 heavy (non-hydrogen) atoms. The molecule has 1 aromatic rings. The Labute approximate surface area is 91.5 Å². The lowest BCUT2D eigenvalue weighted by atomic mass is 10.3. The van der Waals surface area contributed by atoms with Gasteiger partial charge in [-0.1, -0.05) is 0 Å². The molecule has 1 aliphatic rings. The van der Waals surface area contributed by atoms with Gasteiger partial charge in [0.05, 0.1) is 6.67 Å². The maximum atomic E-state index is 4.32. The molecule has 0 radical (unpaired) electrons. The standard InChI is InChI=1S/C11H20N4/c1-10-8-12-11(2)15(10)9-14-6-4-13(3)5-7-14/h8H,4-7,9H2,1-3H3. The molecule has 0 spiro atoms. The van der Waals surface area contributed by atoms with Gasteiger partial charge in [0.1, 0.15) is 5.82 Å². The summed E-state index contributed by atoms with van der Waals surface area (Å²) in [6, 6.07) is 0. The largest absolute Gasteiger partial charge is 0.319 e. The number of likely N-dealkylation sites (N-methyl/N-ethyl adjacent to an activating group) is 1. The summed E-state index contributed by atoms with van der Waals surface area (Å²) in [4.78, 5) is 9.19. The predicted octanol–water partition coefficient (Wildman–Crippen LogP) is 0.705. The maximum Gasteiger partial charge on any atom is 0.106 e. The van der Waals surface area contributed by atoms with Gasteiger partial charge in [-0.15, -0.1) is 0 Å². The van der Waals surface area contributed by atoms with Crippen molar-refractivity contribution in [3.63, 3.8) is 0 Å². The van der Waals surface area contributed by atoms with E-state index in [1.54, 1.807) is 0 Å². The first-order chi connectivity index (χ1) is 7.16. The number of aryl methyl sites for hydroxylation is 2. The Bertz CT molecular complexity index is 304. The van der Waals surface area contributed by atoms with E-state index in [2.05, 4.69) is 40.2 Å². The van der Waals surface area contributed by atoms with Crippen LogP contribution in [0, 0.1) is 13.8 Å². The Morgan fingerprint density at radius 1 is 1.20 bits per heavy atom. The second kappa shape index (κ2) is 4.33. The molecular formula is C11H20N4. The summed E-state index contributed by atoms with van der Waals surface area (Å²) >= 11 is 0. The van der Waals surface area contributed by atoms with Crippen molar-refractivity contribution in [1.82, 2.24) is 19.4 Å². The lowest BCUT2D eigenvalue weighted by Gasteiger charge is -2.32. The van der Waals surface area contributed by atoms with Crippen LogP contribution in [0.25, 0.3) is 0 Å². The summed E-state index contributed by atoms with van der Waals surface area (Å²) in [6.07, 6.45) is 1.95. The third-order valence-electron chi connectivity index (χ3n) is 3.19. The first-order valence-electron chi connectivity index (χ1n) is 5.56. The molecule has 1 saturated heterocycles. The molecule has 1 aliphatic heterocycles. The first kappa shape index (κ1) is 10.6. The molecule has 0 N–H and O–H groups in total. The minimum absolute atomic E-state index is 0.992. The number of rotatable bonds is 2. The minimum atomic E-state index is 0.992. The second-order valence-corrected chi connectivity index (χ2v) is 4.44. The number of imidazole rings is 1. The van der Waals surface area contributed by atoms with Crippen molar-refractivity contribution in [2.75, 3.05) is 33.2 Å². The molecule has 0 aliphatic carbocycles. The van der Waals surface area contributed by atoms with Crippen molar-refractivity contribution in [2.45, 2.75) is 20.5 Å². The fourth-order valence-corrected chi connectivity index (χ4v) is 1.98. The van der Waals surface area contributed by atoms with Gasteiger partial charge in [0, 0.05) is 38.1 Å². The van der Waals surface area contributed by atoms with Crippen LogP contribution in [0.5, 0.6) is 0 Å². The van der Waals surface area contributed by atoms with E-state index in [1.807, 2.05) is 6.20 Å². The Hall–Kier alpha value is -0.870. The number of hydrogen-bond acceptors (Lipinski definition) is 3. The third-order valence-corrected chi connectivity index (χ3v) is 3.19. The summed E-state index contributed by atoms with van der Waals surface area (Å²) in [6.45, 7) is 9.85.